The van der Waals surface area contributed by atoms with E-state index in [1.165, 1.54) is 0 Å². The van der Waals surface area contributed by atoms with E-state index in [9.17, 15) is 4.79 Å². The summed E-state index contributed by atoms with van der Waals surface area (Å²) in [6.07, 6.45) is 0.356. The van der Waals surface area contributed by atoms with Crippen molar-refractivity contribution in [3.63, 3.8) is 0 Å². The molecule has 4 heteroatoms. The minimum Gasteiger partial charge on any atom is -0.348 e. The number of fused-ring (bicyclic) bond motifs is 1. The fourth-order valence-electron chi connectivity index (χ4n) is 1.72. The molecule has 0 saturated carbocycles. The lowest BCUT2D eigenvalue weighted by Crippen LogP contribution is -2.23. The molecule has 84 valence electrons. The van der Waals surface area contributed by atoms with Gasteiger partial charge in [-0.2, -0.15) is 5.10 Å². The van der Waals surface area contributed by atoms with Gasteiger partial charge in [-0.15, -0.1) is 0 Å². The lowest BCUT2D eigenvalue weighted by Gasteiger charge is -2.08. The Morgan fingerprint density at radius 3 is 2.75 bits per heavy atom. The summed E-state index contributed by atoms with van der Waals surface area (Å²) in [7, 11) is 5.41. The minimum atomic E-state index is 0.0730. The Labute approximate surface area is 94.5 Å². The second-order valence-corrected chi connectivity index (χ2v) is 4.05. The van der Waals surface area contributed by atoms with E-state index >= 15 is 0 Å². The summed E-state index contributed by atoms with van der Waals surface area (Å²) in [5.74, 6) is 0.0730. The number of para-hydroxylation sites is 1. The van der Waals surface area contributed by atoms with E-state index in [1.807, 2.05) is 36.0 Å². The topological polar surface area (TPSA) is 38.1 Å². The van der Waals surface area contributed by atoms with Gasteiger partial charge in [0.1, 0.15) is 0 Å². The normalized spacial score (nSPS) is 10.7. The number of rotatable bonds is 2. The maximum atomic E-state index is 11.6. The first kappa shape index (κ1) is 10.7. The molecule has 4 nitrogen and oxygen atoms in total. The van der Waals surface area contributed by atoms with Crippen LogP contribution >= 0.6 is 0 Å². The van der Waals surface area contributed by atoms with Crippen LogP contribution in [0.3, 0.4) is 0 Å². The van der Waals surface area contributed by atoms with Gasteiger partial charge in [0.25, 0.3) is 0 Å². The summed E-state index contributed by atoms with van der Waals surface area (Å²) in [6.45, 7) is 0. The van der Waals surface area contributed by atoms with Crippen molar-refractivity contribution >= 4 is 16.8 Å². The van der Waals surface area contributed by atoms with E-state index in [2.05, 4.69) is 5.10 Å². The Morgan fingerprint density at radius 2 is 2.06 bits per heavy atom. The van der Waals surface area contributed by atoms with E-state index in [1.54, 1.807) is 19.0 Å². The molecule has 0 atom stereocenters. The van der Waals surface area contributed by atoms with Crippen LogP contribution in [0, 0.1) is 0 Å². The van der Waals surface area contributed by atoms with Gasteiger partial charge in [0.05, 0.1) is 17.6 Å². The number of carbonyl (C=O) groups excluding carboxylic acids is 1. The van der Waals surface area contributed by atoms with Gasteiger partial charge in [-0.05, 0) is 6.07 Å². The summed E-state index contributed by atoms with van der Waals surface area (Å²) in [5.41, 5.74) is 1.90. The lowest BCUT2D eigenvalue weighted by atomic mass is 10.1. The number of aromatic nitrogens is 2. The first-order valence-corrected chi connectivity index (χ1v) is 5.20. The van der Waals surface area contributed by atoms with E-state index in [4.69, 9.17) is 0 Å². The average Bonchev–Trinajstić information content (AvgIpc) is 2.57. The predicted octanol–water partition coefficient (Wildman–Crippen LogP) is 1.20. The van der Waals surface area contributed by atoms with Crippen molar-refractivity contribution in [2.24, 2.45) is 7.05 Å². The van der Waals surface area contributed by atoms with Crippen LogP contribution in [0.2, 0.25) is 0 Å². The summed E-state index contributed by atoms with van der Waals surface area (Å²) in [6, 6.07) is 7.95. The Hall–Kier alpha value is -1.84. The van der Waals surface area contributed by atoms with Crippen molar-refractivity contribution in [3.05, 3.63) is 30.0 Å². The molecule has 0 saturated heterocycles. The molecule has 0 aliphatic carbocycles. The number of carbonyl (C=O) groups is 1. The summed E-state index contributed by atoms with van der Waals surface area (Å²) in [4.78, 5) is 13.2. The van der Waals surface area contributed by atoms with Crippen molar-refractivity contribution in [2.45, 2.75) is 6.42 Å². The maximum absolute atomic E-state index is 11.6. The quantitative estimate of drug-likeness (QED) is 0.758. The zero-order chi connectivity index (χ0) is 11.7. The molecule has 0 spiro atoms. The number of aryl methyl sites for hydroxylation is 1. The summed E-state index contributed by atoms with van der Waals surface area (Å²) >= 11 is 0. The Bertz CT molecular complexity index is 528. The van der Waals surface area contributed by atoms with Gasteiger partial charge in [0.2, 0.25) is 5.91 Å². The highest BCUT2D eigenvalue weighted by atomic mass is 16.2. The molecule has 1 amide bonds. The Balaban J connectivity index is 2.42. The third-order valence-corrected chi connectivity index (χ3v) is 2.65. The fourth-order valence-corrected chi connectivity index (χ4v) is 1.72. The Kier molecular flexibility index (Phi) is 2.64. The highest BCUT2D eigenvalue weighted by molar-refractivity contribution is 5.87. The average molecular weight is 217 g/mol. The molecule has 0 radical (unpaired) electrons. The van der Waals surface area contributed by atoms with Crippen LogP contribution < -0.4 is 0 Å². The lowest BCUT2D eigenvalue weighted by molar-refractivity contribution is -0.128. The number of benzene rings is 1. The van der Waals surface area contributed by atoms with Crippen molar-refractivity contribution < 1.29 is 4.79 Å². The van der Waals surface area contributed by atoms with Crippen molar-refractivity contribution in [1.82, 2.24) is 14.7 Å². The largest absolute Gasteiger partial charge is 0.348 e. The molecule has 2 rings (SSSR count). The van der Waals surface area contributed by atoms with Gasteiger partial charge < -0.3 is 4.90 Å². The van der Waals surface area contributed by atoms with Gasteiger partial charge in [-0.25, -0.2) is 0 Å². The fraction of sp³-hybridized carbons (Fsp3) is 0.333. The molecule has 0 fully saturated rings. The van der Waals surface area contributed by atoms with Crippen molar-refractivity contribution in [3.8, 4) is 0 Å². The number of hydrogen-bond donors (Lipinski definition) is 0. The van der Waals surface area contributed by atoms with Crippen LogP contribution in [-0.4, -0.2) is 34.7 Å². The first-order chi connectivity index (χ1) is 7.59. The van der Waals surface area contributed by atoms with E-state index in [0.29, 0.717) is 6.42 Å². The molecule has 0 N–H and O–H groups in total. The van der Waals surface area contributed by atoms with E-state index in [0.717, 1.165) is 16.6 Å². The summed E-state index contributed by atoms with van der Waals surface area (Å²) in [5, 5.41) is 5.44. The minimum absolute atomic E-state index is 0.0730. The van der Waals surface area contributed by atoms with Gasteiger partial charge in [-0.3, -0.25) is 9.48 Å². The third kappa shape index (κ3) is 1.78. The second kappa shape index (κ2) is 3.96. The predicted molar refractivity (Wildman–Crippen MR) is 63.1 cm³/mol. The molecule has 0 aliphatic rings. The second-order valence-electron chi connectivity index (χ2n) is 4.05. The molecule has 2 aromatic rings. The molecule has 1 aromatic heterocycles. The zero-order valence-electron chi connectivity index (χ0n) is 9.77. The van der Waals surface area contributed by atoms with Crippen LogP contribution in [0.4, 0.5) is 0 Å². The van der Waals surface area contributed by atoms with E-state index < -0.39 is 0 Å². The van der Waals surface area contributed by atoms with Crippen LogP contribution in [0.5, 0.6) is 0 Å². The first-order valence-electron chi connectivity index (χ1n) is 5.20. The van der Waals surface area contributed by atoms with Crippen LogP contribution in [0.1, 0.15) is 5.69 Å². The molecule has 0 unspecified atom stereocenters. The molecular weight excluding hydrogens is 202 g/mol. The standard InChI is InChI=1S/C12H15N3O/c1-14(2)12(16)8-10-9-6-4-5-7-11(9)15(3)13-10/h4-7H,8H2,1-3H3. The Morgan fingerprint density at radius 1 is 1.38 bits per heavy atom. The van der Waals surface area contributed by atoms with Crippen LogP contribution in [-0.2, 0) is 18.3 Å². The van der Waals surface area contributed by atoms with Gasteiger partial charge >= 0.3 is 0 Å². The third-order valence-electron chi connectivity index (χ3n) is 2.65. The van der Waals surface area contributed by atoms with Gasteiger partial charge in [0.15, 0.2) is 0 Å². The molecule has 0 bridgehead atoms. The van der Waals surface area contributed by atoms with E-state index in [-0.39, 0.29) is 5.91 Å². The number of hydrogen-bond acceptors (Lipinski definition) is 2. The zero-order valence-corrected chi connectivity index (χ0v) is 9.77. The number of amides is 1. The van der Waals surface area contributed by atoms with Crippen LogP contribution in [0.15, 0.2) is 24.3 Å². The van der Waals surface area contributed by atoms with Gasteiger partial charge in [-0.1, -0.05) is 18.2 Å². The van der Waals surface area contributed by atoms with Crippen molar-refractivity contribution in [2.75, 3.05) is 14.1 Å². The van der Waals surface area contributed by atoms with Crippen LogP contribution in [0.25, 0.3) is 10.9 Å². The highest BCUT2D eigenvalue weighted by Crippen LogP contribution is 2.17. The maximum Gasteiger partial charge on any atom is 0.228 e. The number of nitrogens with zero attached hydrogens (tertiary/aromatic N) is 3. The van der Waals surface area contributed by atoms with Crippen molar-refractivity contribution in [1.29, 1.82) is 0 Å². The highest BCUT2D eigenvalue weighted by Gasteiger charge is 2.12. The molecule has 16 heavy (non-hydrogen) atoms. The molecule has 1 aromatic carbocycles. The number of likely N-dealkylation sites (N-methyl/N-ethyl adjacent to an activating group) is 1. The molecular formula is C12H15N3O. The molecule has 1 heterocycles. The summed E-state index contributed by atoms with van der Waals surface area (Å²) < 4.78 is 1.81. The SMILES string of the molecule is CN(C)C(=O)Cc1nn(C)c2ccccc12. The smallest absolute Gasteiger partial charge is 0.228 e. The van der Waals surface area contributed by atoms with Gasteiger partial charge in [0, 0.05) is 26.5 Å². The monoisotopic (exact) mass is 217 g/mol. The molecule has 0 aliphatic heterocycles.